The lowest BCUT2D eigenvalue weighted by Crippen LogP contribution is -2.39. The maximum Gasteiger partial charge on any atom is 0.258 e. The molecule has 1 aromatic heterocycles. The van der Waals surface area contributed by atoms with Gasteiger partial charge in [0.05, 0.1) is 11.8 Å². The fraction of sp³-hybridized carbons (Fsp3) is 0.583. The van der Waals surface area contributed by atoms with Crippen molar-refractivity contribution >= 4 is 21.8 Å². The molecule has 0 aliphatic carbocycles. The van der Waals surface area contributed by atoms with Gasteiger partial charge in [-0.2, -0.15) is 0 Å². The second-order valence-electron chi connectivity index (χ2n) is 4.79. The number of carbonyl (C=O) groups is 1. The molecule has 2 aliphatic heterocycles. The molecule has 2 saturated heterocycles. The summed E-state index contributed by atoms with van der Waals surface area (Å²) in [5.41, 5.74) is 0.628. The molecule has 0 radical (unpaired) electrons. The van der Waals surface area contributed by atoms with E-state index in [0.29, 0.717) is 22.3 Å². The average molecular weight is 299 g/mol. The Bertz CT molecular complexity index is 432. The van der Waals surface area contributed by atoms with Crippen LogP contribution < -0.4 is 5.32 Å². The van der Waals surface area contributed by atoms with Crippen LogP contribution in [-0.4, -0.2) is 36.0 Å². The molecule has 92 valence electrons. The average Bonchev–Trinajstić information content (AvgIpc) is 2.84. The van der Waals surface area contributed by atoms with Crippen LogP contribution in [0.2, 0.25) is 0 Å². The Hall–Kier alpha value is -0.810. The zero-order valence-corrected chi connectivity index (χ0v) is 11.1. The largest absolute Gasteiger partial charge is 0.457 e. The predicted molar refractivity (Wildman–Crippen MR) is 66.9 cm³/mol. The van der Waals surface area contributed by atoms with Gasteiger partial charge in [0, 0.05) is 25.2 Å². The van der Waals surface area contributed by atoms with E-state index in [4.69, 9.17) is 4.42 Å². The second-order valence-corrected chi connectivity index (χ2v) is 5.51. The van der Waals surface area contributed by atoms with Gasteiger partial charge < -0.3 is 14.6 Å². The van der Waals surface area contributed by atoms with Gasteiger partial charge in [0.1, 0.15) is 0 Å². The van der Waals surface area contributed by atoms with Gasteiger partial charge in [-0.15, -0.1) is 0 Å². The Morgan fingerprint density at radius 2 is 2.24 bits per heavy atom. The van der Waals surface area contributed by atoms with Crippen LogP contribution in [0.4, 0.5) is 0 Å². The van der Waals surface area contributed by atoms with Gasteiger partial charge in [-0.1, -0.05) is 0 Å². The fourth-order valence-corrected chi connectivity index (χ4v) is 3.15. The van der Waals surface area contributed by atoms with E-state index in [-0.39, 0.29) is 5.91 Å². The summed E-state index contributed by atoms with van der Waals surface area (Å²) in [4.78, 5) is 14.3. The third kappa shape index (κ3) is 2.13. The minimum atomic E-state index is 0.0694. The number of hydrogen-bond acceptors (Lipinski definition) is 3. The number of nitrogens with one attached hydrogen (secondary N) is 1. The topological polar surface area (TPSA) is 45.5 Å². The van der Waals surface area contributed by atoms with Crippen molar-refractivity contribution in [3.63, 3.8) is 0 Å². The van der Waals surface area contributed by atoms with E-state index in [0.717, 1.165) is 19.5 Å². The van der Waals surface area contributed by atoms with Gasteiger partial charge in [0.25, 0.3) is 5.91 Å². The number of halogens is 1. The summed E-state index contributed by atoms with van der Waals surface area (Å²) in [6.07, 6.45) is 5.03. The first-order chi connectivity index (χ1) is 8.24. The molecule has 5 heteroatoms. The summed E-state index contributed by atoms with van der Waals surface area (Å²) >= 11 is 3.26. The maximum atomic E-state index is 12.3. The molecule has 1 N–H and O–H groups in total. The summed E-state index contributed by atoms with van der Waals surface area (Å²) in [5, 5.41) is 3.57. The van der Waals surface area contributed by atoms with Crippen LogP contribution in [-0.2, 0) is 0 Å². The number of nitrogens with zero attached hydrogens (tertiary/aromatic N) is 1. The summed E-state index contributed by atoms with van der Waals surface area (Å²) in [6.45, 7) is 1.65. The lowest BCUT2D eigenvalue weighted by molar-refractivity contribution is 0.0746. The van der Waals surface area contributed by atoms with E-state index < -0.39 is 0 Å². The summed E-state index contributed by atoms with van der Waals surface area (Å²) in [7, 11) is 0. The van der Waals surface area contributed by atoms with Crippen LogP contribution in [0.5, 0.6) is 0 Å². The molecule has 2 aliphatic rings. The Morgan fingerprint density at radius 3 is 3.00 bits per heavy atom. The van der Waals surface area contributed by atoms with Crippen LogP contribution >= 0.6 is 15.9 Å². The van der Waals surface area contributed by atoms with Gasteiger partial charge in [0.15, 0.2) is 4.67 Å². The first-order valence-corrected chi connectivity index (χ1v) is 6.81. The lowest BCUT2D eigenvalue weighted by Gasteiger charge is -2.23. The molecule has 17 heavy (non-hydrogen) atoms. The quantitative estimate of drug-likeness (QED) is 0.863. The van der Waals surface area contributed by atoms with E-state index in [1.54, 1.807) is 12.3 Å². The van der Waals surface area contributed by atoms with Crippen molar-refractivity contribution in [3.05, 3.63) is 22.6 Å². The molecular weight excluding hydrogens is 284 g/mol. The molecular formula is C12H15BrN2O2. The normalized spacial score (nSPS) is 28.2. The molecule has 2 bridgehead atoms. The molecule has 0 saturated carbocycles. The summed E-state index contributed by atoms with van der Waals surface area (Å²) in [6, 6.07) is 2.80. The van der Waals surface area contributed by atoms with Crippen LogP contribution in [0.15, 0.2) is 21.4 Å². The fourth-order valence-electron chi connectivity index (χ4n) is 2.74. The van der Waals surface area contributed by atoms with Crippen LogP contribution in [0.3, 0.4) is 0 Å². The van der Waals surface area contributed by atoms with E-state index >= 15 is 0 Å². The molecule has 1 aromatic rings. The van der Waals surface area contributed by atoms with E-state index in [9.17, 15) is 4.79 Å². The van der Waals surface area contributed by atoms with Gasteiger partial charge in [0.2, 0.25) is 0 Å². The predicted octanol–water partition coefficient (Wildman–Crippen LogP) is 2.01. The summed E-state index contributed by atoms with van der Waals surface area (Å²) in [5.74, 6) is 0.0694. The first kappa shape index (κ1) is 11.3. The van der Waals surface area contributed by atoms with Gasteiger partial charge in [-0.3, -0.25) is 4.79 Å². The number of rotatable bonds is 1. The monoisotopic (exact) mass is 298 g/mol. The number of furan rings is 1. The van der Waals surface area contributed by atoms with Crippen molar-refractivity contribution in [3.8, 4) is 0 Å². The highest BCUT2D eigenvalue weighted by Gasteiger charge is 2.32. The molecule has 0 aromatic carbocycles. The highest BCUT2D eigenvalue weighted by atomic mass is 79.9. The summed E-state index contributed by atoms with van der Waals surface area (Å²) < 4.78 is 5.66. The van der Waals surface area contributed by atoms with Crippen LogP contribution in [0, 0.1) is 0 Å². The van der Waals surface area contributed by atoms with Gasteiger partial charge in [-0.05, 0) is 41.3 Å². The second kappa shape index (κ2) is 4.46. The van der Waals surface area contributed by atoms with Crippen molar-refractivity contribution in [1.29, 1.82) is 0 Å². The minimum absolute atomic E-state index is 0.0694. The number of amides is 1. The molecule has 3 rings (SSSR count). The zero-order chi connectivity index (χ0) is 11.8. The lowest BCUT2D eigenvalue weighted by atomic mass is 10.1. The highest BCUT2D eigenvalue weighted by molar-refractivity contribution is 9.10. The molecule has 0 spiro atoms. The number of likely N-dealkylation sites (tertiary alicyclic amines) is 1. The standard InChI is InChI=1S/C12H15BrN2O2/c13-11-10(4-6-17-11)12(16)15-5-3-8-1-2-9(7-15)14-8/h4,6,8-9,14H,1-3,5,7H2. The number of carbonyl (C=O) groups excluding carboxylic acids is 1. The smallest absolute Gasteiger partial charge is 0.258 e. The molecule has 2 unspecified atom stereocenters. The third-order valence-corrected chi connectivity index (χ3v) is 4.27. The minimum Gasteiger partial charge on any atom is -0.457 e. The molecule has 3 heterocycles. The van der Waals surface area contributed by atoms with Gasteiger partial charge in [-0.25, -0.2) is 0 Å². The van der Waals surface area contributed by atoms with E-state index in [2.05, 4.69) is 21.2 Å². The first-order valence-electron chi connectivity index (χ1n) is 6.02. The Kier molecular flexibility index (Phi) is 2.96. The number of hydrogen-bond donors (Lipinski definition) is 1. The van der Waals surface area contributed by atoms with Crippen molar-refractivity contribution in [2.45, 2.75) is 31.3 Å². The van der Waals surface area contributed by atoms with Crippen molar-refractivity contribution < 1.29 is 9.21 Å². The van der Waals surface area contributed by atoms with Crippen molar-refractivity contribution in [2.24, 2.45) is 0 Å². The Labute approximate surface area is 108 Å². The Morgan fingerprint density at radius 1 is 1.41 bits per heavy atom. The molecule has 1 amide bonds. The van der Waals surface area contributed by atoms with Crippen LogP contribution in [0.25, 0.3) is 0 Å². The SMILES string of the molecule is O=C(c1ccoc1Br)N1CCC2CCC(C1)N2. The van der Waals surface area contributed by atoms with Crippen LogP contribution in [0.1, 0.15) is 29.6 Å². The van der Waals surface area contributed by atoms with E-state index in [1.165, 1.54) is 12.8 Å². The highest BCUT2D eigenvalue weighted by Crippen LogP contribution is 2.24. The number of fused-ring (bicyclic) bond motifs is 2. The molecule has 4 nitrogen and oxygen atoms in total. The maximum absolute atomic E-state index is 12.3. The van der Waals surface area contributed by atoms with Crippen molar-refractivity contribution in [1.82, 2.24) is 10.2 Å². The third-order valence-electron chi connectivity index (χ3n) is 3.66. The van der Waals surface area contributed by atoms with E-state index in [1.807, 2.05) is 4.90 Å². The molecule has 2 fully saturated rings. The Balaban J connectivity index is 1.76. The molecule has 2 atom stereocenters. The van der Waals surface area contributed by atoms with Gasteiger partial charge >= 0.3 is 0 Å². The zero-order valence-electron chi connectivity index (χ0n) is 9.49. The van der Waals surface area contributed by atoms with Crippen molar-refractivity contribution in [2.75, 3.05) is 13.1 Å².